The maximum absolute atomic E-state index is 12.8. The van der Waals surface area contributed by atoms with Crippen LogP contribution in [0.5, 0.6) is 5.75 Å². The molecule has 0 saturated heterocycles. The van der Waals surface area contributed by atoms with Gasteiger partial charge in [0.25, 0.3) is 11.8 Å². The molecule has 2 amide bonds. The van der Waals surface area contributed by atoms with Gasteiger partial charge in [0.2, 0.25) is 0 Å². The number of imidazole rings is 1. The van der Waals surface area contributed by atoms with E-state index in [-0.39, 0.29) is 18.4 Å². The van der Waals surface area contributed by atoms with Crippen molar-refractivity contribution in [3.8, 4) is 11.4 Å². The summed E-state index contributed by atoms with van der Waals surface area (Å²) in [5.74, 6) is 1.00. The third kappa shape index (κ3) is 4.62. The normalized spacial score (nSPS) is 10.7. The smallest absolute Gasteiger partial charge is 0.257 e. The topological polar surface area (TPSA) is 85.2 Å². The molecule has 0 aliphatic heterocycles. The first-order valence-corrected chi connectivity index (χ1v) is 10.4. The number of nitrogens with zero attached hydrogens (tertiary/aromatic N) is 2. The number of anilines is 1. The molecule has 1 aromatic heterocycles. The Hall–Kier alpha value is -4.13. The zero-order chi connectivity index (χ0) is 22.5. The first-order valence-electron chi connectivity index (χ1n) is 10.4. The molecular formula is C25H24N4O3. The minimum Gasteiger partial charge on any atom is -0.484 e. The summed E-state index contributed by atoms with van der Waals surface area (Å²) in [5, 5.41) is 5.55. The number of rotatable bonds is 7. The van der Waals surface area contributed by atoms with Crippen molar-refractivity contribution in [2.75, 3.05) is 18.5 Å². The number of ether oxygens (including phenoxy) is 1. The largest absolute Gasteiger partial charge is 0.484 e. The van der Waals surface area contributed by atoms with Crippen LogP contribution in [0.2, 0.25) is 0 Å². The third-order valence-electron chi connectivity index (χ3n) is 4.95. The number of carbonyl (C=O) groups is 2. The van der Waals surface area contributed by atoms with Gasteiger partial charge in [0, 0.05) is 23.5 Å². The van der Waals surface area contributed by atoms with Crippen molar-refractivity contribution in [1.82, 2.24) is 14.9 Å². The van der Waals surface area contributed by atoms with Crippen molar-refractivity contribution in [3.05, 3.63) is 84.2 Å². The SMILES string of the molecule is CCNC(=O)COc1ccc(NC(=O)c2ccc3c(c2)nc(C)n3-c2ccccc2)cc1. The number of aromatic nitrogens is 2. The van der Waals surface area contributed by atoms with Crippen molar-refractivity contribution < 1.29 is 14.3 Å². The molecule has 2 N–H and O–H groups in total. The van der Waals surface area contributed by atoms with Crippen molar-refractivity contribution in [1.29, 1.82) is 0 Å². The van der Waals surface area contributed by atoms with Crippen LogP contribution < -0.4 is 15.4 Å². The molecule has 0 unspecified atom stereocenters. The quantitative estimate of drug-likeness (QED) is 0.464. The van der Waals surface area contributed by atoms with E-state index in [9.17, 15) is 9.59 Å². The molecule has 0 spiro atoms. The Morgan fingerprint density at radius 1 is 1.00 bits per heavy atom. The summed E-state index contributed by atoms with van der Waals surface area (Å²) in [6.45, 7) is 4.31. The van der Waals surface area contributed by atoms with Gasteiger partial charge in [-0.05, 0) is 68.4 Å². The highest BCUT2D eigenvalue weighted by atomic mass is 16.5. The van der Waals surface area contributed by atoms with Crippen LogP contribution in [0, 0.1) is 6.92 Å². The Kier molecular flexibility index (Phi) is 6.17. The van der Waals surface area contributed by atoms with E-state index in [1.807, 2.05) is 50.2 Å². The predicted molar refractivity (Wildman–Crippen MR) is 124 cm³/mol. The number of aryl methyl sites for hydroxylation is 1. The molecule has 32 heavy (non-hydrogen) atoms. The highest BCUT2D eigenvalue weighted by Crippen LogP contribution is 2.23. The summed E-state index contributed by atoms with van der Waals surface area (Å²) in [4.78, 5) is 28.9. The second-order valence-electron chi connectivity index (χ2n) is 7.25. The standard InChI is InChI=1S/C25H24N4O3/c1-3-26-24(30)16-32-21-12-10-19(11-13-21)28-25(31)18-9-14-23-22(15-18)27-17(2)29(23)20-7-5-4-6-8-20/h4-15H,3,16H2,1-2H3,(H,26,30)(H,28,31). The van der Waals surface area contributed by atoms with E-state index in [1.54, 1.807) is 36.4 Å². The average Bonchev–Trinajstić information content (AvgIpc) is 3.14. The first kappa shape index (κ1) is 21.1. The molecule has 1 heterocycles. The summed E-state index contributed by atoms with van der Waals surface area (Å²) in [6, 6.07) is 22.4. The van der Waals surface area contributed by atoms with E-state index < -0.39 is 0 Å². The molecule has 4 aromatic rings. The highest BCUT2D eigenvalue weighted by molar-refractivity contribution is 6.06. The second-order valence-corrected chi connectivity index (χ2v) is 7.25. The fourth-order valence-electron chi connectivity index (χ4n) is 3.48. The van der Waals surface area contributed by atoms with Crippen molar-refractivity contribution >= 4 is 28.5 Å². The van der Waals surface area contributed by atoms with Crippen LogP contribution in [0.1, 0.15) is 23.1 Å². The predicted octanol–water partition coefficient (Wildman–Crippen LogP) is 4.10. The molecule has 162 valence electrons. The molecule has 0 atom stereocenters. The zero-order valence-electron chi connectivity index (χ0n) is 18.0. The van der Waals surface area contributed by atoms with Gasteiger partial charge in [-0.3, -0.25) is 14.2 Å². The fourth-order valence-corrected chi connectivity index (χ4v) is 3.48. The number of hydrogen-bond acceptors (Lipinski definition) is 4. The lowest BCUT2D eigenvalue weighted by Crippen LogP contribution is -2.28. The van der Waals surface area contributed by atoms with Gasteiger partial charge in [-0.25, -0.2) is 4.98 Å². The molecule has 3 aromatic carbocycles. The maximum Gasteiger partial charge on any atom is 0.257 e. The van der Waals surface area contributed by atoms with Crippen LogP contribution in [0.25, 0.3) is 16.7 Å². The molecule has 4 rings (SSSR count). The molecule has 0 radical (unpaired) electrons. The summed E-state index contributed by atoms with van der Waals surface area (Å²) < 4.78 is 7.49. The number of amides is 2. The van der Waals surface area contributed by atoms with Crippen molar-refractivity contribution in [2.24, 2.45) is 0 Å². The van der Waals surface area contributed by atoms with E-state index in [4.69, 9.17) is 4.74 Å². The van der Waals surface area contributed by atoms with Gasteiger partial charge in [0.15, 0.2) is 6.61 Å². The van der Waals surface area contributed by atoms with E-state index in [2.05, 4.69) is 20.2 Å². The molecule has 0 fully saturated rings. The molecule has 0 aliphatic rings. The number of carbonyl (C=O) groups excluding carboxylic acids is 2. The minimum atomic E-state index is -0.227. The summed E-state index contributed by atoms with van der Waals surface area (Å²) in [6.07, 6.45) is 0. The van der Waals surface area contributed by atoms with Crippen molar-refractivity contribution in [2.45, 2.75) is 13.8 Å². The van der Waals surface area contributed by atoms with Crippen LogP contribution in [-0.4, -0.2) is 34.5 Å². The van der Waals surface area contributed by atoms with E-state index >= 15 is 0 Å². The molecule has 7 heteroatoms. The molecule has 7 nitrogen and oxygen atoms in total. The lowest BCUT2D eigenvalue weighted by Gasteiger charge is -2.09. The van der Waals surface area contributed by atoms with Gasteiger partial charge in [-0.1, -0.05) is 18.2 Å². The Labute approximate surface area is 186 Å². The third-order valence-corrected chi connectivity index (χ3v) is 4.95. The van der Waals surface area contributed by atoms with E-state index in [0.717, 1.165) is 22.5 Å². The van der Waals surface area contributed by atoms with Crippen LogP contribution in [0.4, 0.5) is 5.69 Å². The lowest BCUT2D eigenvalue weighted by molar-refractivity contribution is -0.122. The van der Waals surface area contributed by atoms with Gasteiger partial charge in [0.05, 0.1) is 11.0 Å². The number of benzene rings is 3. The van der Waals surface area contributed by atoms with Gasteiger partial charge >= 0.3 is 0 Å². The van der Waals surface area contributed by atoms with Crippen LogP contribution in [0.15, 0.2) is 72.8 Å². The molecule has 0 saturated carbocycles. The van der Waals surface area contributed by atoms with E-state index in [0.29, 0.717) is 23.5 Å². The van der Waals surface area contributed by atoms with Crippen LogP contribution in [-0.2, 0) is 4.79 Å². The van der Waals surface area contributed by atoms with Gasteiger partial charge in [-0.2, -0.15) is 0 Å². The van der Waals surface area contributed by atoms with Gasteiger partial charge in [0.1, 0.15) is 11.6 Å². The minimum absolute atomic E-state index is 0.0470. The Bertz CT molecular complexity index is 1250. The van der Waals surface area contributed by atoms with Gasteiger partial charge in [-0.15, -0.1) is 0 Å². The Morgan fingerprint density at radius 3 is 2.47 bits per heavy atom. The van der Waals surface area contributed by atoms with Crippen molar-refractivity contribution in [3.63, 3.8) is 0 Å². The number of likely N-dealkylation sites (N-methyl/N-ethyl adjacent to an activating group) is 1. The summed E-state index contributed by atoms with van der Waals surface area (Å²) >= 11 is 0. The maximum atomic E-state index is 12.8. The summed E-state index contributed by atoms with van der Waals surface area (Å²) in [7, 11) is 0. The van der Waals surface area contributed by atoms with Crippen LogP contribution >= 0.6 is 0 Å². The number of para-hydroxylation sites is 1. The van der Waals surface area contributed by atoms with Crippen LogP contribution in [0.3, 0.4) is 0 Å². The number of hydrogen-bond donors (Lipinski definition) is 2. The molecule has 0 bridgehead atoms. The zero-order valence-corrected chi connectivity index (χ0v) is 18.0. The first-order chi connectivity index (χ1) is 15.5. The summed E-state index contributed by atoms with van der Waals surface area (Å²) in [5.41, 5.74) is 3.88. The fraction of sp³-hybridized carbons (Fsp3) is 0.160. The number of nitrogens with one attached hydrogen (secondary N) is 2. The Balaban J connectivity index is 1.47. The molecular weight excluding hydrogens is 404 g/mol. The second kappa shape index (κ2) is 9.34. The highest BCUT2D eigenvalue weighted by Gasteiger charge is 2.13. The average molecular weight is 428 g/mol. The van der Waals surface area contributed by atoms with E-state index in [1.165, 1.54) is 0 Å². The van der Waals surface area contributed by atoms with Gasteiger partial charge < -0.3 is 15.4 Å². The Morgan fingerprint density at radius 2 is 1.75 bits per heavy atom. The molecule has 0 aliphatic carbocycles. The monoisotopic (exact) mass is 428 g/mol. The lowest BCUT2D eigenvalue weighted by atomic mass is 10.1. The number of fused-ring (bicyclic) bond motifs is 1.